The predicted molar refractivity (Wildman–Crippen MR) is 103 cm³/mol. The molecule has 0 saturated carbocycles. The van der Waals surface area contributed by atoms with Crippen LogP contribution in [0.25, 0.3) is 0 Å². The van der Waals surface area contributed by atoms with E-state index in [0.29, 0.717) is 0 Å². The topological polar surface area (TPSA) is 44.4 Å². The summed E-state index contributed by atoms with van der Waals surface area (Å²) in [6.45, 7) is 6.28. The second kappa shape index (κ2) is 8.17. The van der Waals surface area contributed by atoms with Crippen molar-refractivity contribution >= 4 is 11.7 Å². The van der Waals surface area contributed by atoms with Gasteiger partial charge in [0.2, 0.25) is 0 Å². The summed E-state index contributed by atoms with van der Waals surface area (Å²) in [6.07, 6.45) is 2.46. The number of benzene rings is 2. The van der Waals surface area contributed by atoms with Crippen molar-refractivity contribution in [1.82, 2.24) is 10.2 Å². The highest BCUT2D eigenvalue weighted by molar-refractivity contribution is 5.89. The molecule has 2 aromatic carbocycles. The maximum Gasteiger partial charge on any atom is 0.319 e. The first kappa shape index (κ1) is 17.5. The molecule has 2 atom stereocenters. The van der Waals surface area contributed by atoms with Crippen LogP contribution in [0.5, 0.6) is 0 Å². The standard InChI is InChI=1S/C21H27N3O/c1-16-9-8-12-19(15-16)23-21(25)22-17(2)20(24-13-6-7-14-24)18-10-4-3-5-11-18/h3-5,8-12,15,17,20H,6-7,13-14H2,1-2H3,(H2,22,23,25)/t17-,20+/m0/s1. The van der Waals surface area contributed by atoms with E-state index in [0.717, 1.165) is 24.3 Å². The van der Waals surface area contributed by atoms with Crippen molar-refractivity contribution in [1.29, 1.82) is 0 Å². The van der Waals surface area contributed by atoms with Crippen LogP contribution < -0.4 is 10.6 Å². The van der Waals surface area contributed by atoms with E-state index in [4.69, 9.17) is 0 Å². The SMILES string of the molecule is Cc1cccc(NC(=O)N[C@@H](C)[C@H](c2ccccc2)N2CCCC2)c1. The van der Waals surface area contributed by atoms with Crippen LogP contribution in [0.2, 0.25) is 0 Å². The minimum Gasteiger partial charge on any atom is -0.333 e. The van der Waals surface area contributed by atoms with Crippen LogP contribution in [-0.2, 0) is 0 Å². The third kappa shape index (κ3) is 4.60. The zero-order chi connectivity index (χ0) is 17.6. The minimum atomic E-state index is -0.154. The first-order valence-corrected chi connectivity index (χ1v) is 9.06. The molecule has 132 valence electrons. The van der Waals surface area contributed by atoms with Crippen LogP contribution in [0, 0.1) is 6.92 Å². The largest absolute Gasteiger partial charge is 0.333 e. The van der Waals surface area contributed by atoms with Gasteiger partial charge in [-0.3, -0.25) is 4.90 Å². The third-order valence-corrected chi connectivity index (χ3v) is 4.78. The van der Waals surface area contributed by atoms with Crippen LogP contribution in [0.3, 0.4) is 0 Å². The van der Waals surface area contributed by atoms with Gasteiger partial charge in [0.25, 0.3) is 0 Å². The van der Waals surface area contributed by atoms with Crippen LogP contribution >= 0.6 is 0 Å². The Morgan fingerprint density at radius 2 is 1.76 bits per heavy atom. The van der Waals surface area contributed by atoms with Crippen LogP contribution in [-0.4, -0.2) is 30.1 Å². The number of hydrogen-bond donors (Lipinski definition) is 2. The van der Waals surface area contributed by atoms with Crippen LogP contribution in [0.1, 0.15) is 36.9 Å². The Hall–Kier alpha value is -2.33. The summed E-state index contributed by atoms with van der Waals surface area (Å²) in [5.41, 5.74) is 3.21. The third-order valence-electron chi connectivity index (χ3n) is 4.78. The summed E-state index contributed by atoms with van der Waals surface area (Å²) in [5, 5.41) is 6.07. The molecule has 1 saturated heterocycles. The number of rotatable bonds is 5. The first-order valence-electron chi connectivity index (χ1n) is 9.06. The second-order valence-corrected chi connectivity index (χ2v) is 6.86. The number of carbonyl (C=O) groups excluding carboxylic acids is 1. The van der Waals surface area contributed by atoms with E-state index in [1.165, 1.54) is 18.4 Å². The molecule has 0 aliphatic carbocycles. The summed E-state index contributed by atoms with van der Waals surface area (Å²) in [5.74, 6) is 0. The smallest absolute Gasteiger partial charge is 0.319 e. The normalized spacial score (nSPS) is 17.0. The van der Waals surface area contributed by atoms with Gasteiger partial charge in [0.15, 0.2) is 0 Å². The Labute approximate surface area is 150 Å². The fraction of sp³-hybridized carbons (Fsp3) is 0.381. The van der Waals surface area contributed by atoms with Gasteiger partial charge in [0, 0.05) is 11.7 Å². The van der Waals surface area contributed by atoms with Crippen molar-refractivity contribution in [2.75, 3.05) is 18.4 Å². The van der Waals surface area contributed by atoms with Crippen molar-refractivity contribution in [3.8, 4) is 0 Å². The number of anilines is 1. The number of amides is 2. The Kier molecular flexibility index (Phi) is 5.71. The van der Waals surface area contributed by atoms with Crippen LogP contribution in [0.4, 0.5) is 10.5 Å². The number of likely N-dealkylation sites (tertiary alicyclic amines) is 1. The van der Waals surface area contributed by atoms with Gasteiger partial charge in [0.05, 0.1) is 6.04 Å². The molecule has 1 fully saturated rings. The van der Waals surface area contributed by atoms with E-state index in [1.807, 2.05) is 37.3 Å². The van der Waals surface area contributed by atoms with Gasteiger partial charge < -0.3 is 10.6 Å². The molecule has 25 heavy (non-hydrogen) atoms. The number of nitrogens with zero attached hydrogens (tertiary/aromatic N) is 1. The van der Waals surface area contributed by atoms with E-state index in [-0.39, 0.29) is 18.1 Å². The lowest BCUT2D eigenvalue weighted by Crippen LogP contribution is -2.45. The predicted octanol–water partition coefficient (Wildman–Crippen LogP) is 4.34. The van der Waals surface area contributed by atoms with Gasteiger partial charge in [-0.1, -0.05) is 42.5 Å². The molecule has 1 aliphatic heterocycles. The van der Waals surface area contributed by atoms with E-state index in [2.05, 4.69) is 46.7 Å². The van der Waals surface area contributed by atoms with E-state index in [1.54, 1.807) is 0 Å². The van der Waals surface area contributed by atoms with Crippen molar-refractivity contribution in [3.63, 3.8) is 0 Å². The Morgan fingerprint density at radius 3 is 2.44 bits per heavy atom. The van der Waals surface area contributed by atoms with Crippen molar-refractivity contribution in [3.05, 3.63) is 65.7 Å². The molecule has 0 bridgehead atoms. The number of hydrogen-bond acceptors (Lipinski definition) is 2. The number of urea groups is 1. The Balaban J connectivity index is 1.69. The Morgan fingerprint density at radius 1 is 1.04 bits per heavy atom. The first-order chi connectivity index (χ1) is 12.1. The van der Waals surface area contributed by atoms with Gasteiger partial charge in [-0.15, -0.1) is 0 Å². The molecule has 0 aromatic heterocycles. The average molecular weight is 337 g/mol. The zero-order valence-electron chi connectivity index (χ0n) is 15.0. The van der Waals surface area contributed by atoms with Gasteiger partial charge >= 0.3 is 6.03 Å². The van der Waals surface area contributed by atoms with Crippen LogP contribution in [0.15, 0.2) is 54.6 Å². The van der Waals surface area contributed by atoms with Gasteiger partial charge in [-0.25, -0.2) is 4.79 Å². The molecule has 2 amide bonds. The van der Waals surface area contributed by atoms with Gasteiger partial charge in [-0.05, 0) is 63.0 Å². The highest BCUT2D eigenvalue weighted by Gasteiger charge is 2.29. The maximum atomic E-state index is 12.4. The van der Waals surface area contributed by atoms with Crippen molar-refractivity contribution in [2.45, 2.75) is 38.8 Å². The molecule has 1 aliphatic rings. The maximum absolute atomic E-state index is 12.4. The van der Waals surface area contributed by atoms with E-state index in [9.17, 15) is 4.79 Å². The highest BCUT2D eigenvalue weighted by Crippen LogP contribution is 2.28. The lowest BCUT2D eigenvalue weighted by molar-refractivity contribution is 0.197. The number of nitrogens with one attached hydrogen (secondary N) is 2. The number of aryl methyl sites for hydroxylation is 1. The van der Waals surface area contributed by atoms with Crippen molar-refractivity contribution in [2.24, 2.45) is 0 Å². The summed E-state index contributed by atoms with van der Waals surface area (Å²) in [6, 6.07) is 18.4. The van der Waals surface area contributed by atoms with E-state index >= 15 is 0 Å². The highest BCUT2D eigenvalue weighted by atomic mass is 16.2. The molecule has 2 N–H and O–H groups in total. The summed E-state index contributed by atoms with van der Waals surface area (Å²) in [7, 11) is 0. The molecule has 0 spiro atoms. The monoisotopic (exact) mass is 337 g/mol. The molecule has 2 aromatic rings. The quantitative estimate of drug-likeness (QED) is 0.852. The van der Waals surface area contributed by atoms with Gasteiger partial charge in [0.1, 0.15) is 0 Å². The summed E-state index contributed by atoms with van der Waals surface area (Å²) >= 11 is 0. The fourth-order valence-electron chi connectivity index (χ4n) is 3.66. The van der Waals surface area contributed by atoms with Crippen molar-refractivity contribution < 1.29 is 4.79 Å². The van der Waals surface area contributed by atoms with Gasteiger partial charge in [-0.2, -0.15) is 0 Å². The lowest BCUT2D eigenvalue weighted by atomic mass is 9.99. The summed E-state index contributed by atoms with van der Waals surface area (Å²) < 4.78 is 0. The molecular weight excluding hydrogens is 310 g/mol. The lowest BCUT2D eigenvalue weighted by Gasteiger charge is -2.33. The second-order valence-electron chi connectivity index (χ2n) is 6.86. The summed E-state index contributed by atoms with van der Waals surface area (Å²) in [4.78, 5) is 14.9. The molecular formula is C21H27N3O. The Bertz CT molecular complexity index is 695. The molecule has 3 rings (SSSR count). The van der Waals surface area contributed by atoms with E-state index < -0.39 is 0 Å². The minimum absolute atomic E-state index is 0.0188. The molecule has 0 unspecified atom stereocenters. The molecule has 4 nitrogen and oxygen atoms in total. The molecule has 4 heteroatoms. The number of carbonyl (C=O) groups is 1. The fourth-order valence-corrected chi connectivity index (χ4v) is 3.66. The zero-order valence-corrected chi connectivity index (χ0v) is 15.0. The molecule has 1 heterocycles. The molecule has 0 radical (unpaired) electrons. The average Bonchev–Trinajstić information content (AvgIpc) is 3.10.